The highest BCUT2D eigenvalue weighted by Crippen LogP contribution is 2.46. The van der Waals surface area contributed by atoms with Gasteiger partial charge in [0, 0.05) is 49.4 Å². The molecule has 6 nitrogen and oxygen atoms in total. The highest BCUT2D eigenvalue weighted by Gasteiger charge is 2.36. The normalized spacial score (nSPS) is 12.6. The molecule has 0 aliphatic carbocycles. The van der Waals surface area contributed by atoms with Crippen molar-refractivity contribution in [1.82, 2.24) is 24.1 Å². The molecular weight excluding hydrogens is 985 g/mol. The molecule has 8 aromatic carbocycles. The smallest absolute Gasteiger partial charge is 0.309 e. The number of benzene rings is 8. The molecule has 0 N–H and O–H groups in total. The first-order valence-electron chi connectivity index (χ1n) is 22.2. The first kappa shape index (κ1) is 47.4. The van der Waals surface area contributed by atoms with Crippen LogP contribution < -0.4 is 0 Å². The molecule has 0 amide bonds. The van der Waals surface area contributed by atoms with Gasteiger partial charge in [-0.05, 0) is 103 Å². The van der Waals surface area contributed by atoms with Crippen LogP contribution >= 0.6 is 0 Å². The lowest BCUT2D eigenvalue weighted by atomic mass is 9.96. The third-order valence-corrected chi connectivity index (χ3v) is 12.7. The topological polar surface area (TPSA) is 72.3 Å². The van der Waals surface area contributed by atoms with E-state index in [1.165, 1.54) is 27.3 Å². The summed E-state index contributed by atoms with van der Waals surface area (Å²) in [7, 11) is 0. The lowest BCUT2D eigenvalue weighted by Gasteiger charge is -2.20. The predicted octanol–water partition coefficient (Wildman–Crippen LogP) is 16.7. The molecule has 0 atom stereocenters. The molecule has 366 valence electrons. The van der Waals surface area contributed by atoms with E-state index in [1.807, 2.05) is 6.07 Å². The Balaban J connectivity index is 1.27. The Labute approximate surface area is 409 Å². The quantitative estimate of drug-likeness (QED) is 0.156. The van der Waals surface area contributed by atoms with Crippen LogP contribution in [0.1, 0.15) is 27.8 Å². The van der Waals surface area contributed by atoms with Crippen molar-refractivity contribution >= 4 is 43.6 Å². The number of hydrogen-bond acceptors (Lipinski definition) is 4. The van der Waals surface area contributed by atoms with Crippen molar-refractivity contribution in [3.05, 3.63) is 198 Å². The number of aromatic nitrogens is 5. The molecule has 0 saturated heterocycles. The summed E-state index contributed by atoms with van der Waals surface area (Å²) in [6.07, 6.45) is -19.6. The molecule has 0 aliphatic rings. The Morgan fingerprint density at radius 2 is 0.703 bits per heavy atom. The number of nitriles is 1. The van der Waals surface area contributed by atoms with Crippen molar-refractivity contribution in [2.75, 3.05) is 0 Å². The van der Waals surface area contributed by atoms with Crippen molar-refractivity contribution in [1.29, 1.82) is 5.26 Å². The van der Waals surface area contributed by atoms with Crippen LogP contribution in [-0.2, 0) is 24.7 Å². The molecule has 0 fully saturated rings. The minimum Gasteiger partial charge on any atom is -0.309 e. The van der Waals surface area contributed by atoms with E-state index in [1.54, 1.807) is 78.9 Å². The minimum atomic E-state index is -4.91. The summed E-state index contributed by atoms with van der Waals surface area (Å²) in [5.41, 5.74) is -2.51. The van der Waals surface area contributed by atoms with Gasteiger partial charge < -0.3 is 9.13 Å². The van der Waals surface area contributed by atoms with E-state index in [-0.39, 0.29) is 89.2 Å². The van der Waals surface area contributed by atoms with Crippen molar-refractivity contribution in [3.8, 4) is 62.7 Å². The van der Waals surface area contributed by atoms with Crippen molar-refractivity contribution in [2.24, 2.45) is 0 Å². The van der Waals surface area contributed by atoms with Gasteiger partial charge in [0.2, 0.25) is 0 Å². The van der Waals surface area contributed by atoms with Gasteiger partial charge in [-0.25, -0.2) is 15.0 Å². The van der Waals surface area contributed by atoms with Crippen LogP contribution in [0.5, 0.6) is 0 Å². The number of hydrogen-bond donors (Lipinski definition) is 0. The molecule has 18 heteroatoms. The number of halogens is 12. The van der Waals surface area contributed by atoms with Crippen LogP contribution in [0.4, 0.5) is 52.7 Å². The van der Waals surface area contributed by atoms with Gasteiger partial charge >= 0.3 is 24.7 Å². The maximum absolute atomic E-state index is 14.4. The SMILES string of the molecule is N#Cc1ccc(-c2cc(-c3nc(-c4ccccc4)nc(-c4ccccc4)n3)ccc2-n2c3ccc(C(F)(F)F)cc3c3cc(C(F)(F)F)ccc32)c(-n2c3ccc(C(F)(F)F)cc3c3cc(C(F)(F)F)ccc32)c1. The summed E-state index contributed by atoms with van der Waals surface area (Å²) in [6, 6.07) is 39.4. The van der Waals surface area contributed by atoms with Crippen LogP contribution in [0.3, 0.4) is 0 Å². The molecule has 0 radical (unpaired) electrons. The minimum absolute atomic E-state index is 0.00368. The van der Waals surface area contributed by atoms with E-state index in [2.05, 4.69) is 0 Å². The molecule has 3 aromatic heterocycles. The molecule has 11 aromatic rings. The molecule has 0 spiro atoms. The maximum Gasteiger partial charge on any atom is 0.416 e. The summed E-state index contributed by atoms with van der Waals surface area (Å²) in [6.45, 7) is 0. The first-order chi connectivity index (χ1) is 35.2. The number of fused-ring (bicyclic) bond motifs is 6. The average molecular weight is 1010 g/mol. The summed E-state index contributed by atoms with van der Waals surface area (Å²) in [4.78, 5) is 14.5. The van der Waals surface area contributed by atoms with Crippen molar-refractivity contribution in [3.63, 3.8) is 0 Å². The van der Waals surface area contributed by atoms with E-state index in [0.717, 1.165) is 72.8 Å². The summed E-state index contributed by atoms with van der Waals surface area (Å²) in [5, 5.41) is 9.50. The fourth-order valence-corrected chi connectivity index (χ4v) is 9.31. The van der Waals surface area contributed by atoms with E-state index < -0.39 is 47.0 Å². The summed E-state index contributed by atoms with van der Waals surface area (Å²) < 4.78 is 175. The average Bonchev–Trinajstić information content (AvgIpc) is 3.89. The van der Waals surface area contributed by atoms with E-state index in [9.17, 15) is 57.9 Å². The van der Waals surface area contributed by atoms with Gasteiger partial charge in [-0.3, -0.25) is 0 Å². The van der Waals surface area contributed by atoms with Gasteiger partial charge in [0.25, 0.3) is 0 Å². The van der Waals surface area contributed by atoms with Crippen LogP contribution in [0.15, 0.2) is 170 Å². The monoisotopic (exact) mass is 1010 g/mol. The second-order valence-electron chi connectivity index (χ2n) is 17.2. The van der Waals surface area contributed by atoms with E-state index in [4.69, 9.17) is 15.0 Å². The maximum atomic E-state index is 14.4. The van der Waals surface area contributed by atoms with E-state index >= 15 is 0 Å². The Bertz CT molecular complexity index is 3890. The Morgan fingerprint density at radius 3 is 1.07 bits per heavy atom. The second kappa shape index (κ2) is 17.1. The Morgan fingerprint density at radius 1 is 0.338 bits per heavy atom. The summed E-state index contributed by atoms with van der Waals surface area (Å²) in [5.74, 6) is 0.609. The van der Waals surface area contributed by atoms with Crippen molar-refractivity contribution < 1.29 is 52.7 Å². The van der Waals surface area contributed by atoms with Crippen LogP contribution in [0, 0.1) is 11.3 Å². The number of nitrogens with zero attached hydrogens (tertiary/aromatic N) is 6. The highest BCUT2D eigenvalue weighted by atomic mass is 19.4. The van der Waals surface area contributed by atoms with Gasteiger partial charge in [-0.2, -0.15) is 57.9 Å². The zero-order valence-electron chi connectivity index (χ0n) is 37.4. The third kappa shape index (κ3) is 8.29. The third-order valence-electron chi connectivity index (χ3n) is 12.7. The number of alkyl halides is 12. The predicted molar refractivity (Wildman–Crippen MR) is 255 cm³/mol. The molecule has 11 rings (SSSR count). The van der Waals surface area contributed by atoms with Gasteiger partial charge in [0.05, 0.1) is 67.3 Å². The Kier molecular flexibility index (Phi) is 10.9. The summed E-state index contributed by atoms with van der Waals surface area (Å²) >= 11 is 0. The molecule has 0 unspecified atom stereocenters. The highest BCUT2D eigenvalue weighted by molar-refractivity contribution is 6.12. The van der Waals surface area contributed by atoms with Crippen LogP contribution in [0.2, 0.25) is 0 Å². The fourth-order valence-electron chi connectivity index (χ4n) is 9.31. The van der Waals surface area contributed by atoms with Gasteiger partial charge in [0.1, 0.15) is 0 Å². The van der Waals surface area contributed by atoms with E-state index in [0.29, 0.717) is 16.7 Å². The molecular formula is C56H28F12N6. The van der Waals surface area contributed by atoms with Crippen LogP contribution in [0.25, 0.3) is 100 Å². The number of rotatable bonds is 6. The lowest BCUT2D eigenvalue weighted by Crippen LogP contribution is -2.06. The zero-order chi connectivity index (χ0) is 52.1. The van der Waals surface area contributed by atoms with Crippen LogP contribution in [-0.4, -0.2) is 24.1 Å². The molecule has 0 saturated carbocycles. The zero-order valence-corrected chi connectivity index (χ0v) is 37.4. The first-order valence-corrected chi connectivity index (χ1v) is 22.2. The van der Waals surface area contributed by atoms with Gasteiger partial charge in [-0.15, -0.1) is 0 Å². The Hall–Kier alpha value is -8.98. The fraction of sp³-hybridized carbons (Fsp3) is 0.0714. The van der Waals surface area contributed by atoms with Gasteiger partial charge in [0.15, 0.2) is 17.5 Å². The lowest BCUT2D eigenvalue weighted by molar-refractivity contribution is -0.138. The molecule has 74 heavy (non-hydrogen) atoms. The molecule has 0 aliphatic heterocycles. The van der Waals surface area contributed by atoms with Gasteiger partial charge in [-0.1, -0.05) is 66.7 Å². The molecule has 0 bridgehead atoms. The van der Waals surface area contributed by atoms with Crippen molar-refractivity contribution in [2.45, 2.75) is 24.7 Å². The standard InChI is InChI=1S/C56H28F12N6/c57-53(58,59)34-13-19-45-40(25-34)41-26-35(54(60,61)62)14-20-46(41)73(45)44-18-12-33(52-71-50(31-7-3-1-4-8-31)70-51(72-52)32-9-5-2-6-10-32)24-39(44)38-17-11-30(29-69)23-49(38)74-47-21-15-36(55(63,64)65)27-42(47)43-28-37(56(66,67)68)16-22-48(43)74/h1-28H. The molecule has 3 heterocycles. The second-order valence-corrected chi connectivity index (χ2v) is 17.2. The largest absolute Gasteiger partial charge is 0.416 e.